The van der Waals surface area contributed by atoms with E-state index < -0.39 is 0 Å². The second-order valence-electron chi connectivity index (χ2n) is 3.79. The van der Waals surface area contributed by atoms with Crippen molar-refractivity contribution >= 4 is 17.3 Å². The van der Waals surface area contributed by atoms with E-state index in [1.165, 1.54) is 6.20 Å². The lowest BCUT2D eigenvalue weighted by Gasteiger charge is -2.08. The summed E-state index contributed by atoms with van der Waals surface area (Å²) in [5, 5.41) is 2.75. The van der Waals surface area contributed by atoms with Crippen LogP contribution < -0.4 is 11.1 Å². The molecule has 0 atom stereocenters. The molecule has 0 aliphatic heterocycles. The molecule has 86 valence electrons. The van der Waals surface area contributed by atoms with Gasteiger partial charge < -0.3 is 11.1 Å². The fourth-order valence-corrected chi connectivity index (χ4v) is 1.49. The van der Waals surface area contributed by atoms with Gasteiger partial charge in [-0.15, -0.1) is 0 Å². The van der Waals surface area contributed by atoms with Crippen LogP contribution in [-0.2, 0) is 0 Å². The van der Waals surface area contributed by atoms with Crippen molar-refractivity contribution in [1.29, 1.82) is 0 Å². The molecule has 0 spiro atoms. The molecule has 1 heterocycles. The molecule has 1 amide bonds. The molecule has 0 bridgehead atoms. The number of carbonyl (C=O) groups excluding carboxylic acids is 1. The first kappa shape index (κ1) is 11.1. The number of aryl methyl sites for hydroxylation is 1. The first-order valence-electron chi connectivity index (χ1n) is 5.24. The third kappa shape index (κ3) is 2.60. The predicted molar refractivity (Wildman–Crippen MR) is 67.8 cm³/mol. The standard InChI is InChI=1S/C13H13N3O/c1-9-4-5-12(11(14)7-9)16-13(17)10-3-2-6-15-8-10/h2-8H,14H2,1H3,(H,16,17). The fraction of sp³-hybridized carbons (Fsp3) is 0.0769. The topological polar surface area (TPSA) is 68.0 Å². The lowest BCUT2D eigenvalue weighted by molar-refractivity contribution is 0.102. The molecule has 2 aromatic rings. The molecule has 0 aliphatic carbocycles. The molecule has 0 aliphatic rings. The number of carbonyl (C=O) groups is 1. The largest absolute Gasteiger partial charge is 0.397 e. The maximum atomic E-state index is 11.8. The van der Waals surface area contributed by atoms with Crippen LogP contribution in [0.3, 0.4) is 0 Å². The number of rotatable bonds is 2. The van der Waals surface area contributed by atoms with E-state index in [1.54, 1.807) is 24.4 Å². The van der Waals surface area contributed by atoms with Crippen LogP contribution in [0.15, 0.2) is 42.7 Å². The smallest absolute Gasteiger partial charge is 0.257 e. The van der Waals surface area contributed by atoms with Crippen molar-refractivity contribution in [2.75, 3.05) is 11.1 Å². The number of nitrogens with one attached hydrogen (secondary N) is 1. The van der Waals surface area contributed by atoms with Crippen molar-refractivity contribution in [3.63, 3.8) is 0 Å². The van der Waals surface area contributed by atoms with Crippen molar-refractivity contribution in [2.45, 2.75) is 6.92 Å². The summed E-state index contributed by atoms with van der Waals surface area (Å²) in [6, 6.07) is 8.92. The molecule has 4 nitrogen and oxygen atoms in total. The van der Waals surface area contributed by atoms with E-state index in [2.05, 4.69) is 10.3 Å². The van der Waals surface area contributed by atoms with E-state index in [4.69, 9.17) is 5.73 Å². The van der Waals surface area contributed by atoms with E-state index in [1.807, 2.05) is 19.1 Å². The SMILES string of the molecule is Cc1ccc(NC(=O)c2cccnc2)c(N)c1. The Hall–Kier alpha value is -2.36. The van der Waals surface area contributed by atoms with Crippen LogP contribution >= 0.6 is 0 Å². The number of hydrogen-bond acceptors (Lipinski definition) is 3. The Morgan fingerprint density at radius 1 is 1.35 bits per heavy atom. The third-order valence-corrected chi connectivity index (χ3v) is 2.38. The minimum atomic E-state index is -0.214. The zero-order chi connectivity index (χ0) is 12.3. The summed E-state index contributed by atoms with van der Waals surface area (Å²) >= 11 is 0. The Labute approximate surface area is 99.5 Å². The molecule has 1 aromatic heterocycles. The zero-order valence-corrected chi connectivity index (χ0v) is 9.47. The van der Waals surface area contributed by atoms with Crippen molar-refractivity contribution < 1.29 is 4.79 Å². The van der Waals surface area contributed by atoms with Gasteiger partial charge in [-0.2, -0.15) is 0 Å². The van der Waals surface area contributed by atoms with Crippen LogP contribution in [0.1, 0.15) is 15.9 Å². The molecule has 4 heteroatoms. The number of amides is 1. The van der Waals surface area contributed by atoms with Crippen molar-refractivity contribution in [3.05, 3.63) is 53.9 Å². The van der Waals surface area contributed by atoms with Gasteiger partial charge in [0.05, 0.1) is 16.9 Å². The molecule has 0 fully saturated rings. The molecule has 17 heavy (non-hydrogen) atoms. The van der Waals surface area contributed by atoms with E-state index in [0.717, 1.165) is 5.56 Å². The molecule has 1 aromatic carbocycles. The summed E-state index contributed by atoms with van der Waals surface area (Å²) in [4.78, 5) is 15.7. The number of anilines is 2. The van der Waals surface area contributed by atoms with Crippen LogP contribution in [0.2, 0.25) is 0 Å². The average molecular weight is 227 g/mol. The van der Waals surface area contributed by atoms with Crippen LogP contribution in [0.25, 0.3) is 0 Å². The Morgan fingerprint density at radius 2 is 2.18 bits per heavy atom. The van der Waals surface area contributed by atoms with Crippen LogP contribution in [-0.4, -0.2) is 10.9 Å². The number of pyridine rings is 1. The highest BCUT2D eigenvalue weighted by Gasteiger charge is 2.07. The van der Waals surface area contributed by atoms with Crippen LogP contribution in [0.5, 0.6) is 0 Å². The van der Waals surface area contributed by atoms with Crippen molar-refractivity contribution in [2.24, 2.45) is 0 Å². The van der Waals surface area contributed by atoms with Gasteiger partial charge in [0.15, 0.2) is 0 Å². The molecule has 3 N–H and O–H groups in total. The van der Waals surface area contributed by atoms with E-state index in [-0.39, 0.29) is 5.91 Å². The van der Waals surface area contributed by atoms with E-state index in [0.29, 0.717) is 16.9 Å². The molecule has 0 saturated heterocycles. The first-order chi connectivity index (χ1) is 8.16. The second kappa shape index (κ2) is 4.65. The lowest BCUT2D eigenvalue weighted by atomic mass is 10.2. The molecule has 0 radical (unpaired) electrons. The minimum Gasteiger partial charge on any atom is -0.397 e. The summed E-state index contributed by atoms with van der Waals surface area (Å²) in [6.45, 7) is 1.95. The molecule has 0 unspecified atom stereocenters. The van der Waals surface area contributed by atoms with Crippen molar-refractivity contribution in [3.8, 4) is 0 Å². The Morgan fingerprint density at radius 3 is 2.82 bits per heavy atom. The van der Waals surface area contributed by atoms with Crippen LogP contribution in [0.4, 0.5) is 11.4 Å². The lowest BCUT2D eigenvalue weighted by Crippen LogP contribution is -2.13. The highest BCUT2D eigenvalue weighted by Crippen LogP contribution is 2.19. The predicted octanol–water partition coefficient (Wildman–Crippen LogP) is 2.22. The van der Waals surface area contributed by atoms with Crippen LogP contribution in [0, 0.1) is 6.92 Å². The van der Waals surface area contributed by atoms with Gasteiger partial charge in [-0.1, -0.05) is 6.07 Å². The number of benzene rings is 1. The maximum absolute atomic E-state index is 11.8. The molecule has 0 saturated carbocycles. The Bertz CT molecular complexity index is 538. The van der Waals surface area contributed by atoms with Gasteiger partial charge >= 0.3 is 0 Å². The zero-order valence-electron chi connectivity index (χ0n) is 9.47. The summed E-state index contributed by atoms with van der Waals surface area (Å²) in [6.07, 6.45) is 3.14. The van der Waals surface area contributed by atoms with Crippen molar-refractivity contribution in [1.82, 2.24) is 4.98 Å². The van der Waals surface area contributed by atoms with Gasteiger partial charge in [-0.3, -0.25) is 9.78 Å². The van der Waals surface area contributed by atoms with Gasteiger partial charge in [0.25, 0.3) is 5.91 Å². The number of nitrogens with zero attached hydrogens (tertiary/aromatic N) is 1. The van der Waals surface area contributed by atoms with Gasteiger partial charge in [-0.05, 0) is 36.8 Å². The van der Waals surface area contributed by atoms with Gasteiger partial charge in [0.2, 0.25) is 0 Å². The number of hydrogen-bond donors (Lipinski definition) is 2. The monoisotopic (exact) mass is 227 g/mol. The Balaban J connectivity index is 2.19. The number of nitrogen functional groups attached to an aromatic ring is 1. The highest BCUT2D eigenvalue weighted by atomic mass is 16.1. The summed E-state index contributed by atoms with van der Waals surface area (Å²) in [7, 11) is 0. The quantitative estimate of drug-likeness (QED) is 0.773. The first-order valence-corrected chi connectivity index (χ1v) is 5.24. The van der Waals surface area contributed by atoms with Gasteiger partial charge in [0, 0.05) is 12.4 Å². The van der Waals surface area contributed by atoms with E-state index >= 15 is 0 Å². The summed E-state index contributed by atoms with van der Waals surface area (Å²) in [5.41, 5.74) is 8.55. The molecule has 2 rings (SSSR count). The second-order valence-corrected chi connectivity index (χ2v) is 3.79. The number of aromatic nitrogens is 1. The molecular weight excluding hydrogens is 214 g/mol. The fourth-order valence-electron chi connectivity index (χ4n) is 1.49. The highest BCUT2D eigenvalue weighted by molar-refractivity contribution is 6.05. The summed E-state index contributed by atoms with van der Waals surface area (Å²) < 4.78 is 0. The van der Waals surface area contributed by atoms with E-state index in [9.17, 15) is 4.79 Å². The van der Waals surface area contributed by atoms with Gasteiger partial charge in [0.1, 0.15) is 0 Å². The average Bonchev–Trinajstić information content (AvgIpc) is 2.34. The minimum absolute atomic E-state index is 0.214. The van der Waals surface area contributed by atoms with Gasteiger partial charge in [-0.25, -0.2) is 0 Å². The third-order valence-electron chi connectivity index (χ3n) is 2.38. The normalized spacial score (nSPS) is 9.94. The Kier molecular flexibility index (Phi) is 3.05. The summed E-state index contributed by atoms with van der Waals surface area (Å²) in [5.74, 6) is -0.214. The maximum Gasteiger partial charge on any atom is 0.257 e. The number of nitrogens with two attached hydrogens (primary N) is 1. The molecular formula is C13H13N3O.